The quantitative estimate of drug-likeness (QED) is 0.471. The third kappa shape index (κ3) is 2.74. The Labute approximate surface area is 163 Å². The van der Waals surface area contributed by atoms with E-state index >= 15 is 0 Å². The van der Waals surface area contributed by atoms with E-state index in [0.29, 0.717) is 0 Å². The number of fused-ring (bicyclic) bond motifs is 2. The minimum Gasteiger partial charge on any atom is -0.497 e. The summed E-state index contributed by atoms with van der Waals surface area (Å²) in [6, 6.07) is 16.1. The summed E-state index contributed by atoms with van der Waals surface area (Å²) in [5.74, 6) is 1.57. The number of ether oxygens (including phenoxy) is 1. The lowest BCUT2D eigenvalue weighted by Crippen LogP contribution is -1.97. The molecule has 2 aromatic carbocycles. The molecule has 0 atom stereocenters. The Balaban J connectivity index is 1.56. The van der Waals surface area contributed by atoms with Crippen molar-refractivity contribution in [3.8, 4) is 17.1 Å². The largest absolute Gasteiger partial charge is 0.497 e. The smallest absolute Gasteiger partial charge is 0.176 e. The fraction of sp³-hybridized carbons (Fsp3) is 0.125. The number of methoxy groups -OCH3 is 1. The van der Waals surface area contributed by atoms with E-state index in [1.54, 1.807) is 13.3 Å². The van der Waals surface area contributed by atoms with E-state index in [9.17, 15) is 0 Å². The van der Waals surface area contributed by atoms with Gasteiger partial charge in [-0.05, 0) is 54.3 Å². The number of aromatic nitrogens is 1. The summed E-state index contributed by atoms with van der Waals surface area (Å²) in [5, 5.41) is 3.54. The molecule has 138 valence electrons. The predicted octanol–water partition coefficient (Wildman–Crippen LogP) is 6.12. The summed E-state index contributed by atoms with van der Waals surface area (Å²) in [7, 11) is 1.66. The fourth-order valence-corrected chi connectivity index (χ4v) is 3.73. The Kier molecular flexibility index (Phi) is 3.90. The Bertz CT molecular complexity index is 1220. The van der Waals surface area contributed by atoms with E-state index in [0.717, 1.165) is 46.0 Å². The number of hydrogen-bond acceptors (Lipinski definition) is 4. The molecule has 4 heteroatoms. The molecule has 4 nitrogen and oxygen atoms in total. The van der Waals surface area contributed by atoms with Gasteiger partial charge in [0.05, 0.1) is 12.8 Å². The molecule has 0 saturated heterocycles. The number of pyridine rings is 1. The molecule has 0 radical (unpaired) electrons. The van der Waals surface area contributed by atoms with Crippen LogP contribution in [0.1, 0.15) is 16.7 Å². The van der Waals surface area contributed by atoms with E-state index in [2.05, 4.69) is 41.5 Å². The van der Waals surface area contributed by atoms with Crippen LogP contribution in [0.4, 0.5) is 11.4 Å². The highest BCUT2D eigenvalue weighted by molar-refractivity contribution is 5.91. The first-order chi connectivity index (χ1) is 13.7. The van der Waals surface area contributed by atoms with Gasteiger partial charge in [0.1, 0.15) is 17.0 Å². The van der Waals surface area contributed by atoms with Gasteiger partial charge in [0.25, 0.3) is 0 Å². The molecule has 1 aliphatic carbocycles. The number of nitrogens with zero attached hydrogens (tertiary/aromatic N) is 1. The minimum absolute atomic E-state index is 0.746. The zero-order chi connectivity index (χ0) is 19.1. The van der Waals surface area contributed by atoms with Crippen molar-refractivity contribution in [2.75, 3.05) is 12.4 Å². The van der Waals surface area contributed by atoms with Crippen molar-refractivity contribution in [1.29, 1.82) is 0 Å². The van der Waals surface area contributed by atoms with Crippen molar-refractivity contribution < 1.29 is 9.15 Å². The van der Waals surface area contributed by atoms with Crippen LogP contribution in [0.3, 0.4) is 0 Å². The Hall–Kier alpha value is -3.53. The number of benzene rings is 2. The van der Waals surface area contributed by atoms with Crippen molar-refractivity contribution in [3.63, 3.8) is 0 Å². The molecule has 0 fully saturated rings. The molecule has 0 spiro atoms. The van der Waals surface area contributed by atoms with E-state index < -0.39 is 0 Å². The van der Waals surface area contributed by atoms with Gasteiger partial charge >= 0.3 is 0 Å². The van der Waals surface area contributed by atoms with Gasteiger partial charge in [-0.15, -0.1) is 0 Å². The maximum Gasteiger partial charge on any atom is 0.176 e. The first-order valence-electron chi connectivity index (χ1n) is 9.32. The lowest BCUT2D eigenvalue weighted by Gasteiger charge is -2.13. The van der Waals surface area contributed by atoms with Gasteiger partial charge in [0.2, 0.25) is 0 Å². The van der Waals surface area contributed by atoms with Crippen LogP contribution in [0.15, 0.2) is 65.2 Å². The number of nitrogens with one attached hydrogen (secondary N) is 1. The molecule has 2 aromatic heterocycles. The van der Waals surface area contributed by atoms with Crippen molar-refractivity contribution >= 4 is 28.6 Å². The van der Waals surface area contributed by atoms with E-state index in [4.69, 9.17) is 9.15 Å². The maximum absolute atomic E-state index is 6.19. The monoisotopic (exact) mass is 368 g/mol. The zero-order valence-electron chi connectivity index (χ0n) is 15.8. The SMILES string of the molecule is COc1cccc(-c2cc3nccc(Nc4ccc5c(c4C)C=CC5)c3o2)c1. The van der Waals surface area contributed by atoms with Crippen molar-refractivity contribution in [2.45, 2.75) is 13.3 Å². The second kappa shape index (κ2) is 6.57. The summed E-state index contributed by atoms with van der Waals surface area (Å²) < 4.78 is 11.5. The molecule has 5 rings (SSSR count). The molecular formula is C24H20N2O2. The summed E-state index contributed by atoms with van der Waals surface area (Å²) in [5.41, 5.74) is 8.45. The molecule has 0 amide bonds. The van der Waals surface area contributed by atoms with Crippen LogP contribution in [0.25, 0.3) is 28.5 Å². The van der Waals surface area contributed by atoms with Crippen molar-refractivity contribution in [2.24, 2.45) is 0 Å². The normalized spacial score (nSPS) is 12.4. The first-order valence-corrected chi connectivity index (χ1v) is 9.32. The molecule has 0 bridgehead atoms. The van der Waals surface area contributed by atoms with Gasteiger partial charge in [0.15, 0.2) is 5.58 Å². The van der Waals surface area contributed by atoms with Crippen LogP contribution in [0.5, 0.6) is 5.75 Å². The Morgan fingerprint density at radius 3 is 2.89 bits per heavy atom. The summed E-state index contributed by atoms with van der Waals surface area (Å²) in [4.78, 5) is 4.48. The van der Waals surface area contributed by atoms with E-state index in [-0.39, 0.29) is 0 Å². The van der Waals surface area contributed by atoms with Gasteiger partial charge in [-0.3, -0.25) is 4.98 Å². The lowest BCUT2D eigenvalue weighted by atomic mass is 10.0. The highest BCUT2D eigenvalue weighted by Crippen LogP contribution is 2.35. The van der Waals surface area contributed by atoms with Gasteiger partial charge in [-0.2, -0.15) is 0 Å². The Morgan fingerprint density at radius 2 is 2.00 bits per heavy atom. The maximum atomic E-state index is 6.19. The third-order valence-corrected chi connectivity index (χ3v) is 5.26. The number of hydrogen-bond donors (Lipinski definition) is 1. The molecular weight excluding hydrogens is 348 g/mol. The van der Waals surface area contributed by atoms with Crippen LogP contribution >= 0.6 is 0 Å². The standard InChI is InChI=1S/C24H20N2O2/c1-15-19-8-4-5-16(19)9-10-20(15)26-21-11-12-25-22-14-23(28-24(21)22)17-6-3-7-18(13-17)27-2/h3-4,6-14H,5H2,1-2H3,(H,25,26). The molecule has 28 heavy (non-hydrogen) atoms. The lowest BCUT2D eigenvalue weighted by molar-refractivity contribution is 0.415. The van der Waals surface area contributed by atoms with Gasteiger partial charge in [0, 0.05) is 23.5 Å². The van der Waals surface area contributed by atoms with Crippen LogP contribution < -0.4 is 10.1 Å². The average molecular weight is 368 g/mol. The number of allylic oxidation sites excluding steroid dienone is 1. The van der Waals surface area contributed by atoms with E-state index in [1.165, 1.54) is 16.7 Å². The summed E-state index contributed by atoms with van der Waals surface area (Å²) in [6.07, 6.45) is 7.22. The second-order valence-corrected chi connectivity index (χ2v) is 6.96. The van der Waals surface area contributed by atoms with E-state index in [1.807, 2.05) is 36.4 Å². The topological polar surface area (TPSA) is 47.3 Å². The van der Waals surface area contributed by atoms with Gasteiger partial charge in [-0.25, -0.2) is 0 Å². The fourth-order valence-electron chi connectivity index (χ4n) is 3.73. The molecule has 0 saturated carbocycles. The molecule has 1 N–H and O–H groups in total. The number of anilines is 2. The first kappa shape index (κ1) is 16.6. The molecule has 1 aliphatic rings. The highest BCUT2D eigenvalue weighted by Gasteiger charge is 2.15. The van der Waals surface area contributed by atoms with Gasteiger partial charge in [-0.1, -0.05) is 30.4 Å². The van der Waals surface area contributed by atoms with Crippen LogP contribution in [0.2, 0.25) is 0 Å². The zero-order valence-corrected chi connectivity index (χ0v) is 15.8. The van der Waals surface area contributed by atoms with Crippen molar-refractivity contribution in [3.05, 3.63) is 77.5 Å². The molecule has 0 aliphatic heterocycles. The van der Waals surface area contributed by atoms with Crippen LogP contribution in [0, 0.1) is 6.92 Å². The number of furan rings is 1. The van der Waals surface area contributed by atoms with Crippen molar-refractivity contribution in [1.82, 2.24) is 4.98 Å². The second-order valence-electron chi connectivity index (χ2n) is 6.96. The molecule has 4 aromatic rings. The summed E-state index contributed by atoms with van der Waals surface area (Å²) >= 11 is 0. The van der Waals surface area contributed by atoms with Gasteiger partial charge < -0.3 is 14.5 Å². The molecule has 0 unspecified atom stereocenters. The molecule has 2 heterocycles. The summed E-state index contributed by atoms with van der Waals surface area (Å²) in [6.45, 7) is 2.15. The minimum atomic E-state index is 0.746. The Morgan fingerprint density at radius 1 is 1.07 bits per heavy atom. The highest BCUT2D eigenvalue weighted by atomic mass is 16.5. The number of rotatable bonds is 4. The third-order valence-electron chi connectivity index (χ3n) is 5.26. The van der Waals surface area contributed by atoms with Crippen LogP contribution in [-0.4, -0.2) is 12.1 Å². The average Bonchev–Trinajstić information content (AvgIpc) is 3.38. The predicted molar refractivity (Wildman–Crippen MR) is 113 cm³/mol. The van der Waals surface area contributed by atoms with Crippen LogP contribution in [-0.2, 0) is 6.42 Å².